The van der Waals surface area contributed by atoms with Gasteiger partial charge in [-0.1, -0.05) is 34.1 Å². The van der Waals surface area contributed by atoms with Crippen LogP contribution in [0.15, 0.2) is 58.1 Å². The molecule has 0 aromatic heterocycles. The van der Waals surface area contributed by atoms with E-state index in [2.05, 4.69) is 26.5 Å². The monoisotopic (exact) mass is 376 g/mol. The topological polar surface area (TPSA) is 59.9 Å². The van der Waals surface area contributed by atoms with Crippen molar-refractivity contribution in [3.05, 3.63) is 58.6 Å². The molecule has 5 nitrogen and oxygen atoms in total. The van der Waals surface area contributed by atoms with Crippen LogP contribution < -0.4 is 14.9 Å². The highest BCUT2D eigenvalue weighted by Crippen LogP contribution is 2.17. The van der Waals surface area contributed by atoms with Gasteiger partial charge in [-0.2, -0.15) is 5.10 Å². The lowest BCUT2D eigenvalue weighted by atomic mass is 10.2. The molecule has 0 bridgehead atoms. The number of rotatable bonds is 7. The van der Waals surface area contributed by atoms with E-state index >= 15 is 0 Å². The van der Waals surface area contributed by atoms with Crippen LogP contribution in [0.25, 0.3) is 0 Å². The molecule has 0 unspecified atom stereocenters. The first-order chi connectivity index (χ1) is 11.2. The number of hydrazone groups is 1. The zero-order valence-corrected chi connectivity index (χ0v) is 14.2. The maximum Gasteiger partial charge on any atom is 0.277 e. The molecule has 2 aromatic rings. The molecule has 120 valence electrons. The quantitative estimate of drug-likeness (QED) is 0.595. The van der Waals surface area contributed by atoms with Crippen LogP contribution in [0.5, 0.6) is 11.5 Å². The summed E-state index contributed by atoms with van der Waals surface area (Å²) in [5, 5.41) is 3.92. The van der Waals surface area contributed by atoms with E-state index in [-0.39, 0.29) is 12.5 Å². The molecule has 0 heterocycles. The van der Waals surface area contributed by atoms with Gasteiger partial charge >= 0.3 is 0 Å². The number of nitrogens with zero attached hydrogens (tertiary/aromatic N) is 1. The lowest BCUT2D eigenvalue weighted by molar-refractivity contribution is -0.123. The lowest BCUT2D eigenvalue weighted by Gasteiger charge is -2.06. The molecule has 0 saturated heterocycles. The summed E-state index contributed by atoms with van der Waals surface area (Å²) in [6, 6.07) is 14.7. The number of nitrogens with one attached hydrogen (secondary N) is 1. The van der Waals surface area contributed by atoms with Gasteiger partial charge in [-0.25, -0.2) is 5.43 Å². The average Bonchev–Trinajstić information content (AvgIpc) is 2.55. The summed E-state index contributed by atoms with van der Waals surface area (Å²) >= 11 is 3.34. The molecule has 0 spiro atoms. The third-order valence-electron chi connectivity index (χ3n) is 2.78. The number of carbonyl (C=O) groups is 1. The Morgan fingerprint density at radius 3 is 2.83 bits per heavy atom. The first-order valence-corrected chi connectivity index (χ1v) is 7.90. The summed E-state index contributed by atoms with van der Waals surface area (Å²) in [7, 11) is 0. The molecule has 23 heavy (non-hydrogen) atoms. The molecule has 0 aliphatic heterocycles. The van der Waals surface area contributed by atoms with Gasteiger partial charge in [0, 0.05) is 10.0 Å². The van der Waals surface area contributed by atoms with Crippen LogP contribution in [0.3, 0.4) is 0 Å². The minimum atomic E-state index is -0.338. The summed E-state index contributed by atoms with van der Waals surface area (Å²) in [5.74, 6) is 0.994. The molecule has 0 aliphatic carbocycles. The number of benzene rings is 2. The van der Waals surface area contributed by atoms with Gasteiger partial charge in [0.1, 0.15) is 11.5 Å². The van der Waals surface area contributed by atoms with Crippen LogP contribution in [-0.4, -0.2) is 25.3 Å². The standard InChI is InChI=1S/C17H17BrN2O3/c1-2-22-16-9-4-3-6-13(16)11-19-20-17(21)12-23-15-8-5-7-14(18)10-15/h3-11H,2,12H2,1H3,(H,20,21)/b19-11+. The maximum absolute atomic E-state index is 11.7. The van der Waals surface area contributed by atoms with Crippen LogP contribution in [0.2, 0.25) is 0 Å². The lowest BCUT2D eigenvalue weighted by Crippen LogP contribution is -2.24. The van der Waals surface area contributed by atoms with Gasteiger partial charge in [0.25, 0.3) is 5.91 Å². The van der Waals surface area contributed by atoms with Crippen molar-refractivity contribution in [2.75, 3.05) is 13.2 Å². The molecular weight excluding hydrogens is 360 g/mol. The average molecular weight is 377 g/mol. The second kappa shape index (κ2) is 8.95. The fraction of sp³-hybridized carbons (Fsp3) is 0.176. The third kappa shape index (κ3) is 5.75. The highest BCUT2D eigenvalue weighted by molar-refractivity contribution is 9.10. The van der Waals surface area contributed by atoms with Crippen LogP contribution >= 0.6 is 15.9 Å². The van der Waals surface area contributed by atoms with E-state index in [0.717, 1.165) is 15.8 Å². The highest BCUT2D eigenvalue weighted by Gasteiger charge is 2.03. The van der Waals surface area contributed by atoms with Crippen molar-refractivity contribution in [2.45, 2.75) is 6.92 Å². The molecule has 1 amide bonds. The minimum Gasteiger partial charge on any atom is -0.493 e. The largest absolute Gasteiger partial charge is 0.493 e. The molecular formula is C17H17BrN2O3. The molecule has 2 aromatic carbocycles. The fourth-order valence-corrected chi connectivity index (χ4v) is 2.16. The molecule has 0 saturated carbocycles. The molecule has 0 fully saturated rings. The van der Waals surface area contributed by atoms with Gasteiger partial charge in [-0.15, -0.1) is 0 Å². The Balaban J connectivity index is 1.84. The first-order valence-electron chi connectivity index (χ1n) is 7.11. The van der Waals surface area contributed by atoms with E-state index in [4.69, 9.17) is 9.47 Å². The van der Waals surface area contributed by atoms with Crippen LogP contribution in [0, 0.1) is 0 Å². The number of hydrogen-bond acceptors (Lipinski definition) is 4. The summed E-state index contributed by atoms with van der Waals surface area (Å²) in [4.78, 5) is 11.7. The normalized spacial score (nSPS) is 10.5. The van der Waals surface area contributed by atoms with Crippen molar-refractivity contribution in [2.24, 2.45) is 5.10 Å². The van der Waals surface area contributed by atoms with E-state index in [1.807, 2.05) is 43.3 Å². The third-order valence-corrected chi connectivity index (χ3v) is 3.27. The maximum atomic E-state index is 11.7. The van der Waals surface area contributed by atoms with Crippen LogP contribution in [0.1, 0.15) is 12.5 Å². The van der Waals surface area contributed by atoms with Crippen molar-refractivity contribution in [1.82, 2.24) is 5.43 Å². The molecule has 0 aliphatic rings. The van der Waals surface area contributed by atoms with Crippen molar-refractivity contribution < 1.29 is 14.3 Å². The number of amides is 1. The predicted molar refractivity (Wildman–Crippen MR) is 93.0 cm³/mol. The Hall–Kier alpha value is -2.34. The van der Waals surface area contributed by atoms with Crippen molar-refractivity contribution in [3.8, 4) is 11.5 Å². The van der Waals surface area contributed by atoms with Gasteiger partial charge in [-0.05, 0) is 37.3 Å². The van der Waals surface area contributed by atoms with E-state index in [1.165, 1.54) is 0 Å². The number of halogens is 1. The Kier molecular flexibility index (Phi) is 6.62. The molecule has 6 heteroatoms. The Bertz CT molecular complexity index is 689. The summed E-state index contributed by atoms with van der Waals surface area (Å²) < 4.78 is 11.7. The van der Waals surface area contributed by atoms with Gasteiger partial charge in [-0.3, -0.25) is 4.79 Å². The highest BCUT2D eigenvalue weighted by atomic mass is 79.9. The van der Waals surface area contributed by atoms with Gasteiger partial charge in [0.2, 0.25) is 0 Å². The summed E-state index contributed by atoms with van der Waals surface area (Å²) in [5.41, 5.74) is 3.22. The molecule has 0 atom stereocenters. The molecule has 0 radical (unpaired) electrons. The first kappa shape index (κ1) is 17.0. The van der Waals surface area contributed by atoms with Gasteiger partial charge in [0.15, 0.2) is 6.61 Å². The number of para-hydroxylation sites is 1. The Morgan fingerprint density at radius 2 is 2.04 bits per heavy atom. The zero-order chi connectivity index (χ0) is 16.5. The van der Waals surface area contributed by atoms with Crippen molar-refractivity contribution in [1.29, 1.82) is 0 Å². The van der Waals surface area contributed by atoms with Gasteiger partial charge in [0.05, 0.1) is 12.8 Å². The smallest absolute Gasteiger partial charge is 0.277 e. The van der Waals surface area contributed by atoms with E-state index in [1.54, 1.807) is 18.3 Å². The minimum absolute atomic E-state index is 0.110. The fourth-order valence-electron chi connectivity index (χ4n) is 1.79. The van der Waals surface area contributed by atoms with E-state index in [9.17, 15) is 4.79 Å². The van der Waals surface area contributed by atoms with E-state index < -0.39 is 0 Å². The summed E-state index contributed by atoms with van der Waals surface area (Å²) in [6.07, 6.45) is 1.54. The molecule has 1 N–H and O–H groups in total. The van der Waals surface area contributed by atoms with Gasteiger partial charge < -0.3 is 9.47 Å². The van der Waals surface area contributed by atoms with Crippen molar-refractivity contribution >= 4 is 28.1 Å². The SMILES string of the molecule is CCOc1ccccc1/C=N/NC(=O)COc1cccc(Br)c1. The number of carbonyl (C=O) groups excluding carboxylic acids is 1. The number of ether oxygens (including phenoxy) is 2. The second-order valence-electron chi connectivity index (χ2n) is 4.51. The van der Waals surface area contributed by atoms with Crippen LogP contribution in [0.4, 0.5) is 0 Å². The zero-order valence-electron chi connectivity index (χ0n) is 12.7. The predicted octanol–water partition coefficient (Wildman–Crippen LogP) is 3.38. The Labute approximate surface area is 143 Å². The van der Waals surface area contributed by atoms with Crippen molar-refractivity contribution in [3.63, 3.8) is 0 Å². The second-order valence-corrected chi connectivity index (χ2v) is 5.43. The molecule has 2 rings (SSSR count). The summed E-state index contributed by atoms with van der Waals surface area (Å²) in [6.45, 7) is 2.37. The Morgan fingerprint density at radius 1 is 1.22 bits per heavy atom. The van der Waals surface area contributed by atoms with Crippen LogP contribution in [-0.2, 0) is 4.79 Å². The van der Waals surface area contributed by atoms with E-state index in [0.29, 0.717) is 12.4 Å². The number of hydrogen-bond donors (Lipinski definition) is 1.